The molecule has 0 aliphatic carbocycles. The second-order valence-electron chi connectivity index (χ2n) is 2.54. The fourth-order valence-corrected chi connectivity index (χ4v) is 0.769. The van der Waals surface area contributed by atoms with Crippen LogP contribution in [-0.2, 0) is 4.79 Å². The fraction of sp³-hybridized carbons (Fsp3) is 0.250. The average molecular weight is 181 g/mol. The Kier molecular flexibility index (Phi) is 3.22. The number of aromatic nitrogens is 1. The highest BCUT2D eigenvalue weighted by atomic mass is 16.4. The first-order chi connectivity index (χ1) is 6.20. The van der Waals surface area contributed by atoms with Gasteiger partial charge in [-0.2, -0.15) is 0 Å². The molecule has 70 valence electrons. The van der Waals surface area contributed by atoms with Gasteiger partial charge in [0.25, 0.3) is 0 Å². The van der Waals surface area contributed by atoms with Gasteiger partial charge in [-0.05, 0) is 12.1 Å². The molecule has 0 fully saturated rings. The topological polar surface area (TPSA) is 88.2 Å². The van der Waals surface area contributed by atoms with E-state index in [2.05, 4.69) is 10.3 Å². The van der Waals surface area contributed by atoms with Gasteiger partial charge in [-0.3, -0.25) is 4.79 Å². The van der Waals surface area contributed by atoms with Crippen LogP contribution < -0.4 is 11.1 Å². The minimum absolute atomic E-state index is 0.173. The molecule has 4 N–H and O–H groups in total. The van der Waals surface area contributed by atoms with Gasteiger partial charge in [-0.1, -0.05) is 6.07 Å². The predicted octanol–water partition coefficient (Wildman–Crippen LogP) is -0.0946. The molecule has 0 aromatic carbocycles. The molecule has 1 unspecified atom stereocenters. The number of hydrogen-bond acceptors (Lipinski definition) is 4. The third kappa shape index (κ3) is 3.08. The van der Waals surface area contributed by atoms with Crippen LogP contribution in [0, 0.1) is 0 Å². The van der Waals surface area contributed by atoms with Crippen molar-refractivity contribution in [2.24, 2.45) is 5.73 Å². The maximum Gasteiger partial charge on any atom is 0.322 e. The first-order valence-electron chi connectivity index (χ1n) is 3.83. The van der Waals surface area contributed by atoms with Crippen LogP contribution in [0.4, 0.5) is 5.82 Å². The van der Waals surface area contributed by atoms with Crippen molar-refractivity contribution in [1.82, 2.24) is 4.98 Å². The monoisotopic (exact) mass is 181 g/mol. The van der Waals surface area contributed by atoms with Crippen LogP contribution >= 0.6 is 0 Å². The molecule has 1 atom stereocenters. The summed E-state index contributed by atoms with van der Waals surface area (Å²) in [4.78, 5) is 14.3. The Balaban J connectivity index is 2.39. The third-order valence-electron chi connectivity index (χ3n) is 1.49. The van der Waals surface area contributed by atoms with Crippen molar-refractivity contribution in [3.8, 4) is 0 Å². The molecule has 0 saturated carbocycles. The van der Waals surface area contributed by atoms with Gasteiger partial charge >= 0.3 is 5.97 Å². The number of hydrogen-bond donors (Lipinski definition) is 3. The Bertz CT molecular complexity index is 276. The number of nitrogens with zero attached hydrogens (tertiary/aromatic N) is 1. The summed E-state index contributed by atoms with van der Waals surface area (Å²) in [6.07, 6.45) is 1.62. The molecule has 1 heterocycles. The Labute approximate surface area is 75.6 Å². The number of carboxylic acid groups (broad SMARTS) is 1. The van der Waals surface area contributed by atoms with Crippen LogP contribution in [0.5, 0.6) is 0 Å². The van der Waals surface area contributed by atoms with E-state index in [9.17, 15) is 4.79 Å². The van der Waals surface area contributed by atoms with Crippen LogP contribution in [0.2, 0.25) is 0 Å². The van der Waals surface area contributed by atoms with Crippen LogP contribution in [0.25, 0.3) is 0 Å². The van der Waals surface area contributed by atoms with E-state index in [1.165, 1.54) is 0 Å². The van der Waals surface area contributed by atoms with Crippen molar-refractivity contribution in [2.75, 3.05) is 11.9 Å². The normalized spacial score (nSPS) is 12.1. The molecule has 0 aliphatic heterocycles. The minimum Gasteiger partial charge on any atom is -0.480 e. The van der Waals surface area contributed by atoms with Gasteiger partial charge in [0, 0.05) is 12.7 Å². The molecule has 0 spiro atoms. The zero-order chi connectivity index (χ0) is 9.68. The van der Waals surface area contributed by atoms with Gasteiger partial charge in [0.2, 0.25) is 0 Å². The van der Waals surface area contributed by atoms with Gasteiger partial charge in [0.15, 0.2) is 0 Å². The van der Waals surface area contributed by atoms with Crippen molar-refractivity contribution in [3.63, 3.8) is 0 Å². The Morgan fingerprint density at radius 1 is 1.69 bits per heavy atom. The minimum atomic E-state index is -1.02. The van der Waals surface area contributed by atoms with Gasteiger partial charge in [-0.15, -0.1) is 0 Å². The van der Waals surface area contributed by atoms with Gasteiger partial charge in [0.1, 0.15) is 11.9 Å². The molecule has 13 heavy (non-hydrogen) atoms. The molecule has 0 radical (unpaired) electrons. The fourth-order valence-electron chi connectivity index (χ4n) is 0.769. The average Bonchev–Trinajstić information content (AvgIpc) is 2.15. The Hall–Kier alpha value is -1.62. The predicted molar refractivity (Wildman–Crippen MR) is 48.3 cm³/mol. The zero-order valence-electron chi connectivity index (χ0n) is 6.97. The van der Waals surface area contributed by atoms with Crippen molar-refractivity contribution >= 4 is 11.8 Å². The highest BCUT2D eigenvalue weighted by molar-refractivity contribution is 5.73. The maximum atomic E-state index is 10.3. The van der Waals surface area contributed by atoms with E-state index in [0.29, 0.717) is 5.82 Å². The Morgan fingerprint density at radius 2 is 2.46 bits per heavy atom. The molecular weight excluding hydrogens is 170 g/mol. The number of nitrogens with two attached hydrogens (primary N) is 1. The van der Waals surface area contributed by atoms with Gasteiger partial charge < -0.3 is 16.2 Å². The van der Waals surface area contributed by atoms with Crippen LogP contribution in [0.3, 0.4) is 0 Å². The van der Waals surface area contributed by atoms with Gasteiger partial charge in [-0.25, -0.2) is 4.98 Å². The van der Waals surface area contributed by atoms with E-state index in [0.717, 1.165) is 0 Å². The molecule has 0 aliphatic rings. The van der Waals surface area contributed by atoms with Crippen LogP contribution in [-0.4, -0.2) is 28.6 Å². The summed E-state index contributed by atoms with van der Waals surface area (Å²) in [7, 11) is 0. The lowest BCUT2D eigenvalue weighted by Crippen LogP contribution is -2.37. The number of pyridine rings is 1. The summed E-state index contributed by atoms with van der Waals surface area (Å²) >= 11 is 0. The van der Waals surface area contributed by atoms with Crippen LogP contribution in [0.15, 0.2) is 24.4 Å². The molecule has 0 amide bonds. The molecular formula is C8H11N3O2. The lowest BCUT2D eigenvalue weighted by atomic mass is 10.3. The van der Waals surface area contributed by atoms with Crippen molar-refractivity contribution in [2.45, 2.75) is 6.04 Å². The van der Waals surface area contributed by atoms with E-state index in [1.54, 1.807) is 18.3 Å². The molecule has 5 nitrogen and oxygen atoms in total. The molecule has 0 saturated heterocycles. The van der Waals surface area contributed by atoms with E-state index >= 15 is 0 Å². The van der Waals surface area contributed by atoms with Crippen molar-refractivity contribution in [3.05, 3.63) is 24.4 Å². The van der Waals surface area contributed by atoms with E-state index in [4.69, 9.17) is 10.8 Å². The number of rotatable bonds is 4. The summed E-state index contributed by atoms with van der Waals surface area (Å²) in [6, 6.07) is 4.43. The van der Waals surface area contributed by atoms with Crippen LogP contribution in [0.1, 0.15) is 0 Å². The highest BCUT2D eigenvalue weighted by Crippen LogP contribution is 1.98. The second-order valence-corrected chi connectivity index (χ2v) is 2.54. The molecule has 1 aromatic heterocycles. The SMILES string of the molecule is NC(CNc1ccccn1)C(=O)O. The maximum absolute atomic E-state index is 10.3. The zero-order valence-corrected chi connectivity index (χ0v) is 6.97. The summed E-state index contributed by atoms with van der Waals surface area (Å²) in [5.41, 5.74) is 5.27. The standard InChI is InChI=1S/C8H11N3O2/c9-6(8(12)13)5-11-7-3-1-2-4-10-7/h1-4,6H,5,9H2,(H,10,11)(H,12,13). The number of carbonyl (C=O) groups is 1. The molecule has 1 rings (SSSR count). The second kappa shape index (κ2) is 4.42. The number of anilines is 1. The number of nitrogens with one attached hydrogen (secondary N) is 1. The highest BCUT2D eigenvalue weighted by Gasteiger charge is 2.10. The lowest BCUT2D eigenvalue weighted by molar-refractivity contribution is -0.138. The van der Waals surface area contributed by atoms with Crippen molar-refractivity contribution < 1.29 is 9.90 Å². The van der Waals surface area contributed by atoms with Gasteiger partial charge in [0.05, 0.1) is 0 Å². The first-order valence-corrected chi connectivity index (χ1v) is 3.83. The van der Waals surface area contributed by atoms with E-state index < -0.39 is 12.0 Å². The summed E-state index contributed by atoms with van der Waals surface area (Å²) < 4.78 is 0. The first kappa shape index (κ1) is 9.47. The van der Waals surface area contributed by atoms with E-state index in [-0.39, 0.29) is 6.54 Å². The Morgan fingerprint density at radius 3 is 3.00 bits per heavy atom. The molecule has 1 aromatic rings. The number of carboxylic acids is 1. The molecule has 5 heteroatoms. The smallest absolute Gasteiger partial charge is 0.322 e. The molecule has 0 bridgehead atoms. The summed E-state index contributed by atoms with van der Waals surface area (Å²) in [5, 5.41) is 11.3. The van der Waals surface area contributed by atoms with Crippen molar-refractivity contribution in [1.29, 1.82) is 0 Å². The summed E-state index contributed by atoms with van der Waals surface area (Å²) in [5.74, 6) is -0.400. The largest absolute Gasteiger partial charge is 0.480 e. The quantitative estimate of drug-likeness (QED) is 0.604. The summed E-state index contributed by atoms with van der Waals surface area (Å²) in [6.45, 7) is 0.173. The number of aliphatic carboxylic acids is 1. The van der Waals surface area contributed by atoms with E-state index in [1.807, 2.05) is 6.07 Å². The third-order valence-corrected chi connectivity index (χ3v) is 1.49. The lowest BCUT2D eigenvalue weighted by Gasteiger charge is -2.07.